The van der Waals surface area contributed by atoms with E-state index in [0.29, 0.717) is 0 Å². The molecule has 0 fully saturated rings. The number of amides is 2. The maximum Gasteiger partial charge on any atom is 0.478 e. The van der Waals surface area contributed by atoms with Crippen molar-refractivity contribution in [1.29, 1.82) is 0 Å². The van der Waals surface area contributed by atoms with Gasteiger partial charge in [0.25, 0.3) is 0 Å². The van der Waals surface area contributed by atoms with E-state index in [2.05, 4.69) is 5.32 Å². The number of nitrogens with one attached hydrogen (secondary N) is 1. The number of rotatable bonds is 3. The van der Waals surface area contributed by atoms with Gasteiger partial charge in [0, 0.05) is 7.05 Å². The summed E-state index contributed by atoms with van der Waals surface area (Å²) < 4.78 is 0. The third-order valence-corrected chi connectivity index (χ3v) is 2.51. The molecule has 1 aromatic carbocycles. The van der Waals surface area contributed by atoms with Crippen LogP contribution < -0.4 is 5.32 Å². The van der Waals surface area contributed by atoms with Gasteiger partial charge in [-0.25, -0.2) is 9.59 Å². The Morgan fingerprint density at radius 1 is 1.11 bits per heavy atom. The normalized spacial score (nSPS) is 9.79. The zero-order chi connectivity index (χ0) is 14.7. The molecule has 0 saturated carbocycles. The Bertz CT molecular complexity index is 595. The third-order valence-electron chi connectivity index (χ3n) is 2.51. The van der Waals surface area contributed by atoms with E-state index < -0.39 is 21.7 Å². The van der Waals surface area contributed by atoms with E-state index in [0.717, 1.165) is 6.07 Å². The second kappa shape index (κ2) is 5.21. The van der Waals surface area contributed by atoms with Crippen molar-refractivity contribution >= 4 is 17.5 Å². The Morgan fingerprint density at radius 2 is 1.63 bits per heavy atom. The molecule has 19 heavy (non-hydrogen) atoms. The highest BCUT2D eigenvalue weighted by Crippen LogP contribution is 2.24. The minimum Gasteiger partial charge on any atom is -0.387 e. The average molecular weight is 267 g/mol. The van der Waals surface area contributed by atoms with Gasteiger partial charge in [0.2, 0.25) is 0 Å². The number of nitrogens with zero attached hydrogens (tertiary/aromatic N) is 2. The first-order chi connectivity index (χ1) is 8.81. The van der Waals surface area contributed by atoms with E-state index in [4.69, 9.17) is 0 Å². The van der Waals surface area contributed by atoms with Crippen LogP contribution >= 0.6 is 0 Å². The molecule has 0 saturated heterocycles. The van der Waals surface area contributed by atoms with Crippen molar-refractivity contribution in [2.75, 3.05) is 12.4 Å². The minimum atomic E-state index is -1.43. The first kappa shape index (κ1) is 14.2. The summed E-state index contributed by atoms with van der Waals surface area (Å²) in [4.78, 5) is 41.5. The first-order valence-corrected chi connectivity index (χ1v) is 5.00. The lowest BCUT2D eigenvalue weighted by Gasteiger charge is -2.08. The van der Waals surface area contributed by atoms with Gasteiger partial charge in [0.1, 0.15) is 21.0 Å². The largest absolute Gasteiger partial charge is 0.478 e. The maximum absolute atomic E-state index is 11.5. The Hall–Kier alpha value is -2.84. The van der Waals surface area contributed by atoms with E-state index in [1.165, 1.54) is 20.0 Å². The van der Waals surface area contributed by atoms with Gasteiger partial charge < -0.3 is 5.32 Å². The molecular formula is C10H9N3O6. The van der Waals surface area contributed by atoms with Crippen molar-refractivity contribution < 1.29 is 19.4 Å². The summed E-state index contributed by atoms with van der Waals surface area (Å²) in [5.74, 6) is -2.85. The highest BCUT2D eigenvalue weighted by Gasteiger charge is 2.30. The van der Waals surface area contributed by atoms with Crippen molar-refractivity contribution in [1.82, 2.24) is 0 Å². The van der Waals surface area contributed by atoms with Crippen LogP contribution in [0.1, 0.15) is 26.3 Å². The smallest absolute Gasteiger partial charge is 0.387 e. The molecule has 0 aliphatic carbocycles. The fourth-order valence-electron chi connectivity index (χ4n) is 1.62. The molecule has 0 aliphatic rings. The lowest BCUT2D eigenvalue weighted by molar-refractivity contribution is -0.375. The van der Waals surface area contributed by atoms with Gasteiger partial charge in [-0.2, -0.15) is 0 Å². The molecule has 9 nitrogen and oxygen atoms in total. The zero-order valence-corrected chi connectivity index (χ0v) is 10.00. The van der Waals surface area contributed by atoms with E-state index in [9.17, 15) is 29.8 Å². The molecule has 0 bridgehead atoms. The lowest BCUT2D eigenvalue weighted by atomic mass is 9.99. The van der Waals surface area contributed by atoms with Gasteiger partial charge in [-0.15, -0.1) is 0 Å². The van der Waals surface area contributed by atoms with Crippen molar-refractivity contribution in [3.63, 3.8) is 0 Å². The second-order valence-electron chi connectivity index (χ2n) is 3.54. The van der Waals surface area contributed by atoms with Crippen molar-refractivity contribution in [3.8, 4) is 0 Å². The first-order valence-electron chi connectivity index (χ1n) is 5.00. The number of nitro groups is 2. The van der Waals surface area contributed by atoms with E-state index in [1.807, 2.05) is 0 Å². The van der Waals surface area contributed by atoms with E-state index in [-0.39, 0.29) is 22.4 Å². The summed E-state index contributed by atoms with van der Waals surface area (Å²) in [5.41, 5.74) is -0.691. The summed E-state index contributed by atoms with van der Waals surface area (Å²) in [6.45, 7) is 1.24. The monoisotopic (exact) mass is 267 g/mol. The highest BCUT2D eigenvalue weighted by atomic mass is 16.6. The third kappa shape index (κ3) is 2.54. The Labute approximate surface area is 106 Å². The molecule has 100 valence electrons. The molecule has 0 radical (unpaired) electrons. The molecular weight excluding hydrogens is 258 g/mol. The van der Waals surface area contributed by atoms with E-state index >= 15 is 0 Å². The Kier molecular flexibility index (Phi) is 3.90. The van der Waals surface area contributed by atoms with Crippen LogP contribution in [0.5, 0.6) is 0 Å². The quantitative estimate of drug-likeness (QED) is 0.634. The highest BCUT2D eigenvalue weighted by molar-refractivity contribution is 6.00. The van der Waals surface area contributed by atoms with Gasteiger partial charge >= 0.3 is 11.8 Å². The van der Waals surface area contributed by atoms with Gasteiger partial charge in [0.05, 0.1) is 5.69 Å². The molecule has 0 aromatic heterocycles. The molecule has 0 unspecified atom stereocenters. The second-order valence-corrected chi connectivity index (χ2v) is 3.54. The van der Waals surface area contributed by atoms with Crippen LogP contribution in [0.4, 0.5) is 5.69 Å². The summed E-state index contributed by atoms with van der Waals surface area (Å²) in [7, 11) is 1.43. The maximum atomic E-state index is 11.5. The molecule has 0 spiro atoms. The molecule has 0 aliphatic heterocycles. The van der Waals surface area contributed by atoms with Crippen molar-refractivity contribution in [3.05, 3.63) is 49.1 Å². The van der Waals surface area contributed by atoms with Gasteiger partial charge in [0.15, 0.2) is 0 Å². The lowest BCUT2D eigenvalue weighted by Crippen LogP contribution is -2.19. The van der Waals surface area contributed by atoms with Crippen LogP contribution in [0.2, 0.25) is 0 Å². The van der Waals surface area contributed by atoms with Crippen LogP contribution in [-0.2, 0) is 0 Å². The zero-order valence-electron chi connectivity index (χ0n) is 10.00. The molecule has 0 atom stereocenters. The number of anilines is 1. The predicted molar refractivity (Wildman–Crippen MR) is 63.4 cm³/mol. The van der Waals surface area contributed by atoms with Crippen LogP contribution in [0, 0.1) is 27.2 Å². The number of hydrogen-bond donors (Lipinski definition) is 1. The Balaban J connectivity index is 3.55. The SMILES string of the molecule is CNc1ccc(C(=O)[N+](=O)[O-])c(C)c1C(=O)[N+](=O)[O-]. The fraction of sp³-hybridized carbons (Fsp3) is 0.200. The Morgan fingerprint density at radius 3 is 2.05 bits per heavy atom. The van der Waals surface area contributed by atoms with E-state index in [1.54, 1.807) is 0 Å². The summed E-state index contributed by atoms with van der Waals surface area (Å²) in [6, 6.07) is 2.35. The molecule has 9 heteroatoms. The standard InChI is InChI=1S/C10H9N3O6/c1-5-6(9(14)12(16)17)3-4-7(11-2)8(5)10(15)13(18)19/h3-4,11H,1-2H3. The minimum absolute atomic E-state index is 0.102. The van der Waals surface area contributed by atoms with Crippen LogP contribution in [0.3, 0.4) is 0 Å². The average Bonchev–Trinajstić information content (AvgIpc) is 2.36. The topological polar surface area (TPSA) is 132 Å². The van der Waals surface area contributed by atoms with Crippen molar-refractivity contribution in [2.24, 2.45) is 0 Å². The van der Waals surface area contributed by atoms with Gasteiger partial charge in [-0.05, 0) is 24.6 Å². The predicted octanol–water partition coefficient (Wildman–Crippen LogP) is 0.871. The summed E-state index contributed by atoms with van der Waals surface area (Å²) in [5, 5.41) is 23.5. The van der Waals surface area contributed by atoms with Crippen LogP contribution in [0.25, 0.3) is 0 Å². The van der Waals surface area contributed by atoms with Crippen molar-refractivity contribution in [2.45, 2.75) is 6.92 Å². The fourth-order valence-corrected chi connectivity index (χ4v) is 1.62. The summed E-state index contributed by atoms with van der Waals surface area (Å²) >= 11 is 0. The number of carbonyl (C=O) groups excluding carboxylic acids is 2. The molecule has 1 rings (SSSR count). The number of benzene rings is 1. The van der Waals surface area contributed by atoms with Crippen LogP contribution in [-0.4, -0.2) is 28.7 Å². The molecule has 0 heterocycles. The molecule has 1 aromatic rings. The van der Waals surface area contributed by atoms with Gasteiger partial charge in [-0.3, -0.25) is 20.2 Å². The summed E-state index contributed by atoms with van der Waals surface area (Å²) in [6.07, 6.45) is 0. The molecule has 2 amide bonds. The van der Waals surface area contributed by atoms with Gasteiger partial charge in [-0.1, -0.05) is 0 Å². The number of carbonyl (C=O) groups is 2. The molecule has 1 N–H and O–H groups in total. The number of hydrogen-bond acceptors (Lipinski definition) is 7. The van der Waals surface area contributed by atoms with Crippen LogP contribution in [0.15, 0.2) is 12.1 Å².